The number of hydrogen-bond donors (Lipinski definition) is 0. The smallest absolute Gasteiger partial charge is 0.410 e. The highest BCUT2D eigenvalue weighted by Gasteiger charge is 2.52. The summed E-state index contributed by atoms with van der Waals surface area (Å²) in [7, 11) is 2.46. The van der Waals surface area contributed by atoms with Crippen LogP contribution in [-0.2, 0) is 16.5 Å². The molecule has 0 spiro atoms. The van der Waals surface area contributed by atoms with Crippen LogP contribution in [0.25, 0.3) is 11.3 Å². The monoisotopic (exact) mass is 654 g/mol. The summed E-state index contributed by atoms with van der Waals surface area (Å²) in [5.41, 5.74) is 0.676. The van der Waals surface area contributed by atoms with Gasteiger partial charge in [0.25, 0.3) is 0 Å². The van der Waals surface area contributed by atoms with E-state index in [1.807, 2.05) is 70.2 Å². The number of rotatable bonds is 11. The quantitative estimate of drug-likeness (QED) is 0.127. The highest BCUT2D eigenvalue weighted by molar-refractivity contribution is 6.76. The van der Waals surface area contributed by atoms with Crippen LogP contribution in [0.4, 0.5) is 15.0 Å². The average molecular weight is 655 g/mol. The maximum absolute atomic E-state index is 16.0. The molecule has 2 aromatic heterocycles. The van der Waals surface area contributed by atoms with Crippen LogP contribution in [0, 0.1) is 0 Å². The predicted octanol–water partition coefficient (Wildman–Crippen LogP) is 6.68. The van der Waals surface area contributed by atoms with E-state index in [0.29, 0.717) is 48.5 Å². The van der Waals surface area contributed by atoms with Crippen molar-refractivity contribution in [3.8, 4) is 28.8 Å². The second-order valence-corrected chi connectivity index (χ2v) is 20.0. The lowest BCUT2D eigenvalue weighted by atomic mass is 9.94. The van der Waals surface area contributed by atoms with E-state index in [0.717, 1.165) is 18.0 Å². The van der Waals surface area contributed by atoms with Crippen LogP contribution in [0.15, 0.2) is 42.7 Å². The normalized spacial score (nSPS) is 21.3. The molecule has 3 aromatic rings. The molecule has 2 bridgehead atoms. The number of aromatic nitrogens is 4. The van der Waals surface area contributed by atoms with Gasteiger partial charge in [0.15, 0.2) is 12.6 Å². The number of halogens is 1. The van der Waals surface area contributed by atoms with E-state index in [4.69, 9.17) is 18.9 Å². The fraction of sp³-hybridized carbons (Fsp3) is 0.576. The van der Waals surface area contributed by atoms with Crippen molar-refractivity contribution in [1.82, 2.24) is 24.6 Å². The zero-order valence-electron chi connectivity index (χ0n) is 28.2. The van der Waals surface area contributed by atoms with Gasteiger partial charge in [-0.05, 0) is 70.3 Å². The average Bonchev–Trinajstić information content (AvgIpc) is 3.55. The predicted molar refractivity (Wildman–Crippen MR) is 177 cm³/mol. The molecule has 0 radical (unpaired) electrons. The van der Waals surface area contributed by atoms with E-state index in [1.165, 1.54) is 0 Å². The summed E-state index contributed by atoms with van der Waals surface area (Å²) in [5.74, 6) is 1.64. The molecule has 0 N–H and O–H groups in total. The molecule has 0 aliphatic carbocycles. The molecule has 2 aliphatic rings. The molecular weight excluding hydrogens is 607 g/mol. The summed E-state index contributed by atoms with van der Waals surface area (Å²) in [5, 5.41) is 9.00. The van der Waals surface area contributed by atoms with Crippen LogP contribution in [0.1, 0.15) is 40.0 Å². The Labute approximate surface area is 272 Å². The second-order valence-electron chi connectivity index (χ2n) is 14.4. The zero-order chi connectivity index (χ0) is 33.2. The standard InChI is InChI=1S/C33H47FN6O5Si/c1-33(2,3)45-32(41)40-22-9-13-26(40)30(34)27(19-22)39(5)29-14-12-25(36-37-29)24-11-10-23(44-31-35-15-16-38(31)4)20-28(24)43-21-42-17-18-46(6,7)8/h10-12,14-16,20,22,26-27,30H,9,13,17-19,21H2,1-8H3. The first kappa shape index (κ1) is 33.6. The summed E-state index contributed by atoms with van der Waals surface area (Å²) >= 11 is 0. The minimum Gasteiger partial charge on any atom is -0.467 e. The Hall–Kier alpha value is -3.71. The molecule has 4 unspecified atom stereocenters. The van der Waals surface area contributed by atoms with E-state index in [-0.39, 0.29) is 12.8 Å². The number of nitrogens with zero attached hydrogens (tertiary/aromatic N) is 6. The van der Waals surface area contributed by atoms with Crippen LogP contribution < -0.4 is 14.4 Å². The summed E-state index contributed by atoms with van der Waals surface area (Å²) in [6, 6.07) is 9.62. The van der Waals surface area contributed by atoms with Crippen molar-refractivity contribution < 1.29 is 28.1 Å². The summed E-state index contributed by atoms with van der Waals surface area (Å²) < 4.78 is 41.2. The molecule has 4 atom stereocenters. The number of carbonyl (C=O) groups is 1. The molecule has 11 nitrogen and oxygen atoms in total. The van der Waals surface area contributed by atoms with E-state index < -0.39 is 38.0 Å². The van der Waals surface area contributed by atoms with Crippen LogP contribution in [-0.4, -0.2) is 89.2 Å². The number of anilines is 1. The van der Waals surface area contributed by atoms with E-state index in [2.05, 4.69) is 34.8 Å². The maximum Gasteiger partial charge on any atom is 0.410 e. The van der Waals surface area contributed by atoms with Crippen molar-refractivity contribution in [2.45, 2.75) is 95.6 Å². The van der Waals surface area contributed by atoms with Gasteiger partial charge < -0.3 is 28.4 Å². The Kier molecular flexibility index (Phi) is 9.92. The number of aryl methyl sites for hydroxylation is 1. The molecule has 2 aliphatic heterocycles. The molecule has 2 fully saturated rings. The van der Waals surface area contributed by atoms with Crippen LogP contribution in [0.3, 0.4) is 0 Å². The number of benzene rings is 1. The first-order valence-corrected chi connectivity index (χ1v) is 19.6. The van der Waals surface area contributed by atoms with Crippen molar-refractivity contribution in [2.24, 2.45) is 7.05 Å². The second kappa shape index (κ2) is 13.6. The Morgan fingerprint density at radius 1 is 1.13 bits per heavy atom. The maximum atomic E-state index is 16.0. The van der Waals surface area contributed by atoms with E-state index in [9.17, 15) is 4.79 Å². The number of piperidine rings is 1. The zero-order valence-corrected chi connectivity index (χ0v) is 29.2. The van der Waals surface area contributed by atoms with Crippen molar-refractivity contribution >= 4 is 20.0 Å². The largest absolute Gasteiger partial charge is 0.467 e. The lowest BCUT2D eigenvalue weighted by molar-refractivity contribution is -0.0104. The lowest BCUT2D eigenvalue weighted by Crippen LogP contribution is -2.59. The van der Waals surface area contributed by atoms with Gasteiger partial charge in [-0.3, -0.25) is 4.90 Å². The van der Waals surface area contributed by atoms with Gasteiger partial charge in [-0.2, -0.15) is 0 Å². The van der Waals surface area contributed by atoms with Gasteiger partial charge in [-0.25, -0.2) is 14.2 Å². The van der Waals surface area contributed by atoms with Crippen molar-refractivity contribution in [1.29, 1.82) is 0 Å². The lowest BCUT2D eigenvalue weighted by Gasteiger charge is -2.44. The topological polar surface area (TPSA) is 104 Å². The van der Waals surface area contributed by atoms with Gasteiger partial charge in [0.2, 0.25) is 0 Å². The number of ether oxygens (including phenoxy) is 4. The van der Waals surface area contributed by atoms with Gasteiger partial charge in [0, 0.05) is 58.8 Å². The third kappa shape index (κ3) is 7.98. The highest BCUT2D eigenvalue weighted by atomic mass is 28.3. The van der Waals surface area contributed by atoms with Crippen molar-refractivity contribution in [2.75, 3.05) is 25.3 Å². The summed E-state index contributed by atoms with van der Waals surface area (Å²) in [6.07, 6.45) is 3.65. The van der Waals surface area contributed by atoms with Gasteiger partial charge in [0.05, 0.1) is 17.8 Å². The summed E-state index contributed by atoms with van der Waals surface area (Å²) in [6.45, 7) is 13.1. The molecule has 1 aromatic carbocycles. The van der Waals surface area contributed by atoms with Gasteiger partial charge in [-0.1, -0.05) is 19.6 Å². The Balaban J connectivity index is 1.30. The number of hydrogen-bond acceptors (Lipinski definition) is 9. The van der Waals surface area contributed by atoms with Gasteiger partial charge >= 0.3 is 12.1 Å². The molecule has 2 saturated heterocycles. The van der Waals surface area contributed by atoms with Crippen LogP contribution >= 0.6 is 0 Å². The van der Waals surface area contributed by atoms with E-state index >= 15 is 4.39 Å². The summed E-state index contributed by atoms with van der Waals surface area (Å²) in [4.78, 5) is 20.6. The number of carbonyl (C=O) groups excluding carboxylic acids is 1. The van der Waals surface area contributed by atoms with Crippen LogP contribution in [0.2, 0.25) is 25.7 Å². The van der Waals surface area contributed by atoms with E-state index in [1.54, 1.807) is 21.7 Å². The molecule has 46 heavy (non-hydrogen) atoms. The van der Waals surface area contributed by atoms with Crippen molar-refractivity contribution in [3.63, 3.8) is 0 Å². The Bertz CT molecular complexity index is 1490. The molecular formula is C33H47FN6O5Si. The highest BCUT2D eigenvalue weighted by Crippen LogP contribution is 2.41. The number of alkyl halides is 1. The molecule has 5 rings (SSSR count). The minimum atomic E-state index is -1.25. The van der Waals surface area contributed by atoms with Gasteiger partial charge in [-0.15, -0.1) is 10.2 Å². The third-order valence-corrected chi connectivity index (χ3v) is 10.1. The third-order valence-electron chi connectivity index (χ3n) is 8.42. The molecule has 0 saturated carbocycles. The molecule has 4 heterocycles. The minimum absolute atomic E-state index is 0.0781. The molecule has 1 amide bonds. The fourth-order valence-electron chi connectivity index (χ4n) is 5.91. The SMILES string of the molecule is CN(c1ccc(-c2ccc(Oc3nccn3C)cc2OCOCC[Si](C)(C)C)nn1)C1CC2CCC(C1F)N2C(=O)OC(C)(C)C. The number of imidazole rings is 1. The Morgan fingerprint density at radius 2 is 1.91 bits per heavy atom. The number of fused-ring (bicyclic) bond motifs is 2. The fourth-order valence-corrected chi connectivity index (χ4v) is 6.67. The molecule has 13 heteroatoms. The molecule has 250 valence electrons. The first-order chi connectivity index (χ1) is 21.7. The van der Waals surface area contributed by atoms with Crippen molar-refractivity contribution in [3.05, 3.63) is 42.7 Å². The van der Waals surface area contributed by atoms with Gasteiger partial charge in [0.1, 0.15) is 23.3 Å². The first-order valence-electron chi connectivity index (χ1n) is 15.9. The van der Waals surface area contributed by atoms with Crippen LogP contribution in [0.5, 0.6) is 17.5 Å². The number of amides is 1. The Morgan fingerprint density at radius 3 is 2.57 bits per heavy atom.